The van der Waals surface area contributed by atoms with Gasteiger partial charge in [-0.3, -0.25) is 0 Å². The third-order valence-corrected chi connectivity index (χ3v) is 1.85. The molecule has 0 aromatic carbocycles. The summed E-state index contributed by atoms with van der Waals surface area (Å²) in [5.41, 5.74) is -0.283. The van der Waals surface area contributed by atoms with Crippen LogP contribution in [0.5, 0.6) is 5.75 Å². The Morgan fingerprint density at radius 2 is 2.29 bits per heavy atom. The second-order valence-corrected chi connectivity index (χ2v) is 2.93. The van der Waals surface area contributed by atoms with Gasteiger partial charge < -0.3 is 10.2 Å². The highest BCUT2D eigenvalue weighted by Crippen LogP contribution is 2.22. The Morgan fingerprint density at radius 1 is 1.57 bits per heavy atom. The molecule has 2 heterocycles. The largest absolute Gasteiger partial charge is 0.504 e. The van der Waals surface area contributed by atoms with Gasteiger partial charge >= 0.3 is 5.97 Å². The Hall–Kier alpha value is -1.82. The molecule has 2 N–H and O–H groups in total. The molecule has 0 spiro atoms. The van der Waals surface area contributed by atoms with Crippen molar-refractivity contribution >= 4 is 23.2 Å². The molecule has 0 aliphatic carbocycles. The van der Waals surface area contributed by atoms with Crippen LogP contribution in [0.2, 0.25) is 5.15 Å². The second kappa shape index (κ2) is 2.85. The standard InChI is InChI=1S/C7H4ClN3O3/c8-4-2-11-6(10-4)5(12)3(1-9-11)7(13)14/h1-2,12H,(H,13,14). The maximum Gasteiger partial charge on any atom is 0.341 e. The first-order chi connectivity index (χ1) is 6.59. The minimum Gasteiger partial charge on any atom is -0.504 e. The summed E-state index contributed by atoms with van der Waals surface area (Å²) >= 11 is 5.56. The van der Waals surface area contributed by atoms with Gasteiger partial charge in [0, 0.05) is 0 Å². The lowest BCUT2D eigenvalue weighted by Gasteiger charge is -1.99. The maximum absolute atomic E-state index is 10.6. The fourth-order valence-corrected chi connectivity index (χ4v) is 1.22. The van der Waals surface area contributed by atoms with Crippen molar-refractivity contribution < 1.29 is 15.0 Å². The summed E-state index contributed by atoms with van der Waals surface area (Å²) in [5.74, 6) is -1.71. The van der Waals surface area contributed by atoms with Gasteiger partial charge in [-0.15, -0.1) is 0 Å². The summed E-state index contributed by atoms with van der Waals surface area (Å²) in [4.78, 5) is 14.3. The van der Waals surface area contributed by atoms with Crippen molar-refractivity contribution in [3.8, 4) is 5.75 Å². The summed E-state index contributed by atoms with van der Waals surface area (Å²) < 4.78 is 1.20. The van der Waals surface area contributed by atoms with Crippen molar-refractivity contribution in [3.05, 3.63) is 23.1 Å². The molecular weight excluding hydrogens is 210 g/mol. The molecule has 72 valence electrons. The predicted molar refractivity (Wildman–Crippen MR) is 46.6 cm³/mol. The number of hydrogen-bond donors (Lipinski definition) is 2. The molecule has 14 heavy (non-hydrogen) atoms. The van der Waals surface area contributed by atoms with E-state index < -0.39 is 11.7 Å². The molecule has 0 atom stereocenters. The molecule has 0 unspecified atom stereocenters. The molecule has 2 rings (SSSR count). The van der Waals surface area contributed by atoms with E-state index in [1.807, 2.05) is 0 Å². The van der Waals surface area contributed by atoms with Gasteiger partial charge in [0.15, 0.2) is 11.4 Å². The van der Waals surface area contributed by atoms with Gasteiger partial charge in [0.05, 0.1) is 12.4 Å². The SMILES string of the molecule is O=C(O)c1cnn2cc(Cl)nc2c1O. The van der Waals surface area contributed by atoms with Crippen LogP contribution in [0.1, 0.15) is 10.4 Å². The van der Waals surface area contributed by atoms with Crippen molar-refractivity contribution in [1.82, 2.24) is 14.6 Å². The van der Waals surface area contributed by atoms with Crippen molar-refractivity contribution in [2.45, 2.75) is 0 Å². The zero-order valence-corrected chi connectivity index (χ0v) is 7.43. The van der Waals surface area contributed by atoms with Gasteiger partial charge in [0.1, 0.15) is 10.7 Å². The molecule has 6 nitrogen and oxygen atoms in total. The van der Waals surface area contributed by atoms with E-state index in [1.54, 1.807) is 0 Å². The zero-order chi connectivity index (χ0) is 10.3. The van der Waals surface area contributed by atoms with Crippen LogP contribution in [0.3, 0.4) is 0 Å². The number of aromatic carboxylic acids is 1. The van der Waals surface area contributed by atoms with Gasteiger partial charge in [0.2, 0.25) is 0 Å². The highest BCUT2D eigenvalue weighted by atomic mass is 35.5. The summed E-state index contributed by atoms with van der Waals surface area (Å²) in [5, 5.41) is 22.0. The smallest absolute Gasteiger partial charge is 0.341 e. The highest BCUT2D eigenvalue weighted by Gasteiger charge is 2.15. The van der Waals surface area contributed by atoms with Crippen LogP contribution in [0, 0.1) is 0 Å². The molecule has 0 aliphatic rings. The molecule has 0 saturated heterocycles. The quantitative estimate of drug-likeness (QED) is 0.731. The van der Waals surface area contributed by atoms with Crippen LogP contribution < -0.4 is 0 Å². The molecule has 0 aliphatic heterocycles. The number of halogens is 1. The van der Waals surface area contributed by atoms with Crippen LogP contribution in [-0.2, 0) is 0 Å². The Balaban J connectivity index is 2.80. The topological polar surface area (TPSA) is 87.7 Å². The number of aromatic hydroxyl groups is 1. The van der Waals surface area contributed by atoms with Crippen LogP contribution >= 0.6 is 11.6 Å². The lowest BCUT2D eigenvalue weighted by atomic mass is 10.3. The summed E-state index contributed by atoms with van der Waals surface area (Å²) in [6.45, 7) is 0. The molecular formula is C7H4ClN3O3. The monoisotopic (exact) mass is 213 g/mol. The number of hydrogen-bond acceptors (Lipinski definition) is 4. The Bertz CT molecular complexity index is 522. The molecule has 2 aromatic rings. The molecule has 0 amide bonds. The van der Waals surface area contributed by atoms with E-state index in [0.717, 1.165) is 6.20 Å². The molecule has 0 radical (unpaired) electrons. The molecule has 0 saturated carbocycles. The fraction of sp³-hybridized carbons (Fsp3) is 0. The summed E-state index contributed by atoms with van der Waals surface area (Å²) in [6.07, 6.45) is 2.39. The molecule has 7 heteroatoms. The van der Waals surface area contributed by atoms with E-state index in [-0.39, 0.29) is 16.4 Å². The first-order valence-corrected chi connectivity index (χ1v) is 3.93. The number of carbonyl (C=O) groups is 1. The number of imidazole rings is 1. The third kappa shape index (κ3) is 1.16. The summed E-state index contributed by atoms with van der Waals surface area (Å²) in [7, 11) is 0. The highest BCUT2D eigenvalue weighted by molar-refractivity contribution is 6.29. The van der Waals surface area contributed by atoms with Gasteiger partial charge in [-0.05, 0) is 0 Å². The van der Waals surface area contributed by atoms with Crippen LogP contribution in [0.25, 0.3) is 5.65 Å². The van der Waals surface area contributed by atoms with Gasteiger partial charge in [-0.25, -0.2) is 14.3 Å². The fourth-order valence-electron chi connectivity index (χ4n) is 1.05. The van der Waals surface area contributed by atoms with E-state index in [1.165, 1.54) is 10.7 Å². The van der Waals surface area contributed by atoms with Crippen LogP contribution in [0.15, 0.2) is 12.4 Å². The van der Waals surface area contributed by atoms with Gasteiger partial charge in [0.25, 0.3) is 0 Å². The van der Waals surface area contributed by atoms with E-state index in [0.29, 0.717) is 0 Å². The minimum absolute atomic E-state index is 0.0231. The van der Waals surface area contributed by atoms with Crippen LogP contribution in [-0.4, -0.2) is 30.8 Å². The van der Waals surface area contributed by atoms with Crippen LogP contribution in [0.4, 0.5) is 0 Å². The zero-order valence-electron chi connectivity index (χ0n) is 6.68. The first-order valence-electron chi connectivity index (χ1n) is 3.55. The van der Waals surface area contributed by atoms with E-state index >= 15 is 0 Å². The molecule has 0 fully saturated rings. The Morgan fingerprint density at radius 3 is 2.93 bits per heavy atom. The maximum atomic E-state index is 10.6. The number of carboxylic acids is 1. The van der Waals surface area contributed by atoms with Gasteiger partial charge in [-0.1, -0.05) is 11.6 Å². The Kier molecular flexibility index (Phi) is 1.78. The number of nitrogens with zero attached hydrogens (tertiary/aromatic N) is 3. The van der Waals surface area contributed by atoms with Crippen molar-refractivity contribution in [3.63, 3.8) is 0 Å². The van der Waals surface area contributed by atoms with E-state index in [2.05, 4.69) is 10.1 Å². The molecule has 2 aromatic heterocycles. The first kappa shape index (κ1) is 8.76. The average molecular weight is 214 g/mol. The van der Waals surface area contributed by atoms with E-state index in [9.17, 15) is 9.90 Å². The third-order valence-electron chi connectivity index (χ3n) is 1.67. The number of carboxylic acid groups (broad SMARTS) is 1. The van der Waals surface area contributed by atoms with Gasteiger partial charge in [-0.2, -0.15) is 5.10 Å². The normalized spacial score (nSPS) is 10.6. The lowest BCUT2D eigenvalue weighted by molar-refractivity contribution is 0.0693. The average Bonchev–Trinajstić information content (AvgIpc) is 2.46. The van der Waals surface area contributed by atoms with E-state index in [4.69, 9.17) is 16.7 Å². The lowest BCUT2D eigenvalue weighted by Crippen LogP contribution is -2.01. The number of rotatable bonds is 1. The minimum atomic E-state index is -1.27. The molecule has 0 bridgehead atoms. The van der Waals surface area contributed by atoms with Crippen molar-refractivity contribution in [1.29, 1.82) is 0 Å². The second-order valence-electron chi connectivity index (χ2n) is 2.54. The number of aromatic nitrogens is 3. The van der Waals surface area contributed by atoms with Crippen molar-refractivity contribution in [2.75, 3.05) is 0 Å². The van der Waals surface area contributed by atoms with Crippen molar-refractivity contribution in [2.24, 2.45) is 0 Å². The Labute approximate surface area is 82.4 Å². The summed E-state index contributed by atoms with van der Waals surface area (Å²) in [6, 6.07) is 0. The number of fused-ring (bicyclic) bond motifs is 1. The predicted octanol–water partition coefficient (Wildman–Crippen LogP) is 0.786.